The van der Waals surface area contributed by atoms with E-state index in [4.69, 9.17) is 20.6 Å². The van der Waals surface area contributed by atoms with Crippen molar-refractivity contribution in [3.05, 3.63) is 53.6 Å². The van der Waals surface area contributed by atoms with Gasteiger partial charge in [0.25, 0.3) is 0 Å². The number of anilines is 1. The van der Waals surface area contributed by atoms with Crippen LogP contribution in [0, 0.1) is 5.41 Å². The third-order valence-corrected chi connectivity index (χ3v) is 3.65. The number of amidine groups is 1. The Morgan fingerprint density at radius 1 is 1.12 bits per heavy atom. The topological polar surface area (TPSA) is 118 Å². The van der Waals surface area contributed by atoms with Gasteiger partial charge in [-0.1, -0.05) is 6.07 Å². The summed E-state index contributed by atoms with van der Waals surface area (Å²) in [5, 5.41) is 19.9. The number of carboxylic acid groups (broad SMARTS) is 1. The molecule has 1 atom stereocenters. The number of benzene rings is 2. The van der Waals surface area contributed by atoms with Crippen molar-refractivity contribution in [3.8, 4) is 11.5 Å². The molecule has 0 saturated heterocycles. The van der Waals surface area contributed by atoms with Crippen LogP contribution in [0.2, 0.25) is 0 Å². The van der Waals surface area contributed by atoms with E-state index >= 15 is 0 Å². The van der Waals surface area contributed by atoms with Gasteiger partial charge in [-0.05, 0) is 42.0 Å². The SMILES string of the molecule is N=C(N)c1ccc(NC(C(=O)O)c2ccc3c(c2)OCCO3)cc1. The van der Waals surface area contributed by atoms with Gasteiger partial charge in [-0.15, -0.1) is 0 Å². The minimum atomic E-state index is -1.01. The Bertz CT molecular complexity index is 774. The number of carbonyl (C=O) groups is 1. The molecule has 0 spiro atoms. The minimum Gasteiger partial charge on any atom is -0.486 e. The van der Waals surface area contributed by atoms with Gasteiger partial charge in [0.05, 0.1) is 0 Å². The van der Waals surface area contributed by atoms with Crippen LogP contribution < -0.4 is 20.5 Å². The Hall–Kier alpha value is -3.22. The number of hydrogen-bond acceptors (Lipinski definition) is 5. The average Bonchev–Trinajstić information content (AvgIpc) is 2.59. The standard InChI is InChI=1S/C17H17N3O4/c18-16(19)10-1-4-12(5-2-10)20-15(17(21)22)11-3-6-13-14(9-11)24-8-7-23-13/h1-6,9,15,20H,7-8H2,(H3,18,19)(H,21,22). The zero-order chi connectivity index (χ0) is 17.1. The fraction of sp³-hybridized carbons (Fsp3) is 0.176. The van der Waals surface area contributed by atoms with Gasteiger partial charge in [0.2, 0.25) is 0 Å². The molecule has 24 heavy (non-hydrogen) atoms. The first-order valence-corrected chi connectivity index (χ1v) is 7.38. The molecule has 5 N–H and O–H groups in total. The van der Waals surface area contributed by atoms with Crippen molar-refractivity contribution in [1.29, 1.82) is 5.41 Å². The van der Waals surface area contributed by atoms with E-state index in [-0.39, 0.29) is 5.84 Å². The molecule has 7 nitrogen and oxygen atoms in total. The fourth-order valence-corrected chi connectivity index (χ4v) is 2.44. The number of hydrogen-bond donors (Lipinski definition) is 4. The van der Waals surface area contributed by atoms with E-state index in [9.17, 15) is 9.90 Å². The van der Waals surface area contributed by atoms with Gasteiger partial charge in [-0.2, -0.15) is 0 Å². The molecule has 0 radical (unpaired) electrons. The summed E-state index contributed by atoms with van der Waals surface area (Å²) in [4.78, 5) is 11.7. The third kappa shape index (κ3) is 3.24. The zero-order valence-corrected chi connectivity index (χ0v) is 12.8. The molecule has 1 unspecified atom stereocenters. The second-order valence-corrected chi connectivity index (χ2v) is 5.31. The van der Waals surface area contributed by atoms with E-state index in [2.05, 4.69) is 5.32 Å². The van der Waals surface area contributed by atoms with Crippen LogP contribution in [-0.2, 0) is 4.79 Å². The highest BCUT2D eigenvalue weighted by atomic mass is 16.6. The van der Waals surface area contributed by atoms with Gasteiger partial charge >= 0.3 is 5.97 Å². The maximum Gasteiger partial charge on any atom is 0.330 e. The van der Waals surface area contributed by atoms with Crippen molar-refractivity contribution in [2.45, 2.75) is 6.04 Å². The molecule has 0 saturated carbocycles. The van der Waals surface area contributed by atoms with Gasteiger partial charge in [0.1, 0.15) is 19.0 Å². The lowest BCUT2D eigenvalue weighted by atomic mass is 10.1. The van der Waals surface area contributed by atoms with Crippen molar-refractivity contribution in [2.24, 2.45) is 5.73 Å². The number of nitrogens with two attached hydrogens (primary N) is 1. The molecule has 1 aliphatic heterocycles. The normalized spacial score (nSPS) is 13.8. The largest absolute Gasteiger partial charge is 0.486 e. The number of ether oxygens (including phenoxy) is 2. The molecular weight excluding hydrogens is 310 g/mol. The quantitative estimate of drug-likeness (QED) is 0.493. The van der Waals surface area contributed by atoms with Crippen LogP contribution in [0.5, 0.6) is 11.5 Å². The first kappa shape index (κ1) is 15.7. The number of carboxylic acids is 1. The predicted octanol–water partition coefficient (Wildman–Crippen LogP) is 1.98. The fourth-order valence-electron chi connectivity index (χ4n) is 2.44. The highest BCUT2D eigenvalue weighted by Gasteiger charge is 2.22. The summed E-state index contributed by atoms with van der Waals surface area (Å²) < 4.78 is 11.0. The monoisotopic (exact) mass is 327 g/mol. The van der Waals surface area contributed by atoms with Crippen molar-refractivity contribution in [1.82, 2.24) is 0 Å². The molecule has 2 aromatic carbocycles. The number of aliphatic carboxylic acids is 1. The Morgan fingerprint density at radius 3 is 2.42 bits per heavy atom. The minimum absolute atomic E-state index is 0.0387. The third-order valence-electron chi connectivity index (χ3n) is 3.65. The van der Waals surface area contributed by atoms with Gasteiger partial charge < -0.3 is 25.6 Å². The summed E-state index contributed by atoms with van der Waals surface area (Å²) in [6, 6.07) is 10.8. The molecular formula is C17H17N3O4. The van der Waals surface area contributed by atoms with E-state index in [1.54, 1.807) is 42.5 Å². The van der Waals surface area contributed by atoms with Crippen molar-refractivity contribution < 1.29 is 19.4 Å². The van der Waals surface area contributed by atoms with Crippen molar-refractivity contribution in [3.63, 3.8) is 0 Å². The number of nitrogen functional groups attached to an aromatic ring is 1. The summed E-state index contributed by atoms with van der Waals surface area (Å²) in [6.45, 7) is 0.920. The highest BCUT2D eigenvalue weighted by Crippen LogP contribution is 2.33. The maximum atomic E-state index is 11.7. The van der Waals surface area contributed by atoms with Crippen LogP contribution >= 0.6 is 0 Å². The van der Waals surface area contributed by atoms with E-state index in [1.165, 1.54) is 0 Å². The van der Waals surface area contributed by atoms with Crippen LogP contribution in [-0.4, -0.2) is 30.1 Å². The Morgan fingerprint density at radius 2 is 1.79 bits per heavy atom. The first-order valence-electron chi connectivity index (χ1n) is 7.38. The molecule has 0 fully saturated rings. The number of fused-ring (bicyclic) bond motifs is 1. The van der Waals surface area contributed by atoms with E-state index in [1.807, 2.05) is 0 Å². The lowest BCUT2D eigenvalue weighted by Crippen LogP contribution is -2.21. The van der Waals surface area contributed by atoms with Crippen molar-refractivity contribution in [2.75, 3.05) is 18.5 Å². The zero-order valence-electron chi connectivity index (χ0n) is 12.8. The Balaban J connectivity index is 1.84. The van der Waals surface area contributed by atoms with Gasteiger partial charge in [-0.3, -0.25) is 5.41 Å². The smallest absolute Gasteiger partial charge is 0.330 e. The van der Waals surface area contributed by atoms with Gasteiger partial charge in [0.15, 0.2) is 17.5 Å². The molecule has 2 aromatic rings. The molecule has 3 rings (SSSR count). The molecule has 0 aromatic heterocycles. The number of nitrogens with one attached hydrogen (secondary N) is 2. The Labute approximate surface area is 138 Å². The highest BCUT2D eigenvalue weighted by molar-refractivity contribution is 5.95. The molecule has 0 bridgehead atoms. The molecule has 7 heteroatoms. The average molecular weight is 327 g/mol. The number of rotatable bonds is 5. The summed E-state index contributed by atoms with van der Waals surface area (Å²) in [5.74, 6) is 0.101. The van der Waals surface area contributed by atoms with Crippen LogP contribution in [0.15, 0.2) is 42.5 Å². The maximum absolute atomic E-state index is 11.7. The lowest BCUT2D eigenvalue weighted by Gasteiger charge is -2.21. The predicted molar refractivity (Wildman–Crippen MR) is 88.9 cm³/mol. The van der Waals surface area contributed by atoms with Crippen LogP contribution in [0.1, 0.15) is 17.2 Å². The second kappa shape index (κ2) is 6.49. The first-order chi connectivity index (χ1) is 11.5. The lowest BCUT2D eigenvalue weighted by molar-refractivity contribution is -0.138. The molecule has 0 aliphatic carbocycles. The van der Waals surface area contributed by atoms with Gasteiger partial charge in [-0.25, -0.2) is 4.79 Å². The summed E-state index contributed by atoms with van der Waals surface area (Å²) in [5.41, 5.74) is 7.16. The molecule has 1 heterocycles. The van der Waals surface area contributed by atoms with Crippen LogP contribution in [0.25, 0.3) is 0 Å². The summed E-state index contributed by atoms with van der Waals surface area (Å²) in [6.07, 6.45) is 0. The van der Waals surface area contributed by atoms with Crippen molar-refractivity contribution >= 4 is 17.5 Å². The Kier molecular flexibility index (Phi) is 4.24. The van der Waals surface area contributed by atoms with Crippen LogP contribution in [0.4, 0.5) is 5.69 Å². The van der Waals surface area contributed by atoms with E-state index in [0.717, 1.165) is 0 Å². The van der Waals surface area contributed by atoms with Crippen LogP contribution in [0.3, 0.4) is 0 Å². The van der Waals surface area contributed by atoms with Gasteiger partial charge in [0, 0.05) is 11.3 Å². The molecule has 1 aliphatic rings. The molecule has 0 amide bonds. The summed E-state index contributed by atoms with van der Waals surface area (Å²) in [7, 11) is 0. The summed E-state index contributed by atoms with van der Waals surface area (Å²) >= 11 is 0. The second-order valence-electron chi connectivity index (χ2n) is 5.31. The van der Waals surface area contributed by atoms with E-state index < -0.39 is 12.0 Å². The molecule has 124 valence electrons. The van der Waals surface area contributed by atoms with E-state index in [0.29, 0.717) is 41.5 Å².